The SMILES string of the molecule is CCCCC(CC)COC(=O)CCS(=O)(=O)[O-].[Na+]. The molecule has 0 N–H and O–H groups in total. The Morgan fingerprint density at radius 1 is 1.33 bits per heavy atom. The monoisotopic (exact) mass is 288 g/mol. The average molecular weight is 288 g/mol. The topological polar surface area (TPSA) is 83.5 Å². The van der Waals surface area contributed by atoms with Crippen molar-refractivity contribution in [3.8, 4) is 0 Å². The second-order valence-electron chi connectivity index (χ2n) is 4.11. The van der Waals surface area contributed by atoms with E-state index in [-0.39, 0.29) is 36.0 Å². The van der Waals surface area contributed by atoms with Crippen LogP contribution in [0.4, 0.5) is 0 Å². The molecule has 1 unspecified atom stereocenters. The van der Waals surface area contributed by atoms with Crippen molar-refractivity contribution in [2.45, 2.75) is 46.0 Å². The molecule has 0 aromatic heterocycles. The Kier molecular flexibility index (Phi) is 12.9. The summed E-state index contributed by atoms with van der Waals surface area (Å²) in [6, 6.07) is 0. The third-order valence-corrected chi connectivity index (χ3v) is 3.28. The van der Waals surface area contributed by atoms with Crippen LogP contribution in [0.25, 0.3) is 0 Å². The molecule has 0 amide bonds. The van der Waals surface area contributed by atoms with Crippen LogP contribution in [0.2, 0.25) is 0 Å². The summed E-state index contributed by atoms with van der Waals surface area (Å²) in [5.74, 6) is -0.973. The Morgan fingerprint density at radius 2 is 1.94 bits per heavy atom. The number of rotatable bonds is 9. The molecule has 0 saturated heterocycles. The Balaban J connectivity index is 0. The molecular formula is C11H21NaO5S. The Hall–Kier alpha value is 0.380. The molecule has 1 atom stereocenters. The van der Waals surface area contributed by atoms with E-state index in [9.17, 15) is 17.8 Å². The van der Waals surface area contributed by atoms with Crippen molar-refractivity contribution in [1.82, 2.24) is 0 Å². The minimum atomic E-state index is -4.33. The summed E-state index contributed by atoms with van der Waals surface area (Å²) >= 11 is 0. The van der Waals surface area contributed by atoms with Crippen LogP contribution in [-0.2, 0) is 19.6 Å². The average Bonchev–Trinajstić information content (AvgIpc) is 2.25. The maximum atomic E-state index is 11.2. The largest absolute Gasteiger partial charge is 1.00 e. The number of unbranched alkanes of at least 4 members (excludes halogenated alkanes) is 1. The molecule has 0 aromatic rings. The van der Waals surface area contributed by atoms with Crippen molar-refractivity contribution >= 4 is 16.1 Å². The molecule has 0 rings (SSSR count). The van der Waals surface area contributed by atoms with Crippen LogP contribution >= 0.6 is 0 Å². The van der Waals surface area contributed by atoms with E-state index in [4.69, 9.17) is 4.74 Å². The zero-order valence-corrected chi connectivity index (χ0v) is 14.3. The van der Waals surface area contributed by atoms with Gasteiger partial charge in [-0.05, 0) is 12.3 Å². The molecule has 0 spiro atoms. The summed E-state index contributed by atoms with van der Waals surface area (Å²) in [7, 11) is -4.33. The van der Waals surface area contributed by atoms with Crippen molar-refractivity contribution < 1.29 is 52.1 Å². The van der Waals surface area contributed by atoms with Crippen molar-refractivity contribution in [3.63, 3.8) is 0 Å². The molecule has 18 heavy (non-hydrogen) atoms. The normalized spacial score (nSPS) is 12.6. The van der Waals surface area contributed by atoms with Gasteiger partial charge in [-0.15, -0.1) is 0 Å². The van der Waals surface area contributed by atoms with Gasteiger partial charge in [0.15, 0.2) is 0 Å². The zero-order chi connectivity index (χ0) is 13.3. The Morgan fingerprint density at radius 3 is 2.39 bits per heavy atom. The summed E-state index contributed by atoms with van der Waals surface area (Å²) in [5.41, 5.74) is 0. The first-order valence-electron chi connectivity index (χ1n) is 5.98. The molecule has 0 aliphatic carbocycles. The number of carbonyl (C=O) groups is 1. The minimum Gasteiger partial charge on any atom is -0.748 e. The van der Waals surface area contributed by atoms with Gasteiger partial charge in [0.1, 0.15) is 0 Å². The van der Waals surface area contributed by atoms with Gasteiger partial charge in [0.25, 0.3) is 0 Å². The van der Waals surface area contributed by atoms with Gasteiger partial charge in [0.2, 0.25) is 0 Å². The molecule has 0 saturated carbocycles. The molecule has 0 radical (unpaired) electrons. The van der Waals surface area contributed by atoms with E-state index in [2.05, 4.69) is 6.92 Å². The smallest absolute Gasteiger partial charge is 0.748 e. The van der Waals surface area contributed by atoms with E-state index in [1.807, 2.05) is 6.92 Å². The molecule has 0 aliphatic heterocycles. The summed E-state index contributed by atoms with van der Waals surface area (Å²) in [5, 5.41) is 0. The van der Waals surface area contributed by atoms with Gasteiger partial charge >= 0.3 is 35.5 Å². The number of esters is 1. The maximum Gasteiger partial charge on any atom is 1.00 e. The van der Waals surface area contributed by atoms with Gasteiger partial charge in [-0.3, -0.25) is 4.79 Å². The molecular weight excluding hydrogens is 267 g/mol. The molecule has 0 bridgehead atoms. The van der Waals surface area contributed by atoms with Crippen LogP contribution < -0.4 is 29.6 Å². The molecule has 5 nitrogen and oxygen atoms in total. The molecule has 0 aliphatic rings. The minimum absolute atomic E-state index is 0. The van der Waals surface area contributed by atoms with E-state index < -0.39 is 21.8 Å². The Labute approximate surface area is 132 Å². The van der Waals surface area contributed by atoms with E-state index in [1.54, 1.807) is 0 Å². The first-order chi connectivity index (χ1) is 7.89. The van der Waals surface area contributed by atoms with Crippen LogP contribution in [0.3, 0.4) is 0 Å². The van der Waals surface area contributed by atoms with Crippen LogP contribution in [0.5, 0.6) is 0 Å². The van der Waals surface area contributed by atoms with E-state index in [0.717, 1.165) is 25.7 Å². The fourth-order valence-electron chi connectivity index (χ4n) is 1.39. The molecule has 102 valence electrons. The third-order valence-electron chi connectivity index (χ3n) is 2.58. The fourth-order valence-corrected chi connectivity index (χ4v) is 1.81. The van der Waals surface area contributed by atoms with Crippen molar-refractivity contribution in [3.05, 3.63) is 0 Å². The van der Waals surface area contributed by atoms with Gasteiger partial charge in [-0.1, -0.05) is 33.1 Å². The number of hydrogen-bond acceptors (Lipinski definition) is 5. The van der Waals surface area contributed by atoms with Gasteiger partial charge < -0.3 is 9.29 Å². The van der Waals surface area contributed by atoms with E-state index in [1.165, 1.54) is 0 Å². The van der Waals surface area contributed by atoms with Crippen molar-refractivity contribution in [2.24, 2.45) is 5.92 Å². The molecule has 0 heterocycles. The number of carbonyl (C=O) groups excluding carboxylic acids is 1. The van der Waals surface area contributed by atoms with Crippen LogP contribution in [0.1, 0.15) is 46.0 Å². The predicted molar refractivity (Wildman–Crippen MR) is 63.4 cm³/mol. The first-order valence-corrected chi connectivity index (χ1v) is 7.56. The van der Waals surface area contributed by atoms with Crippen LogP contribution in [-0.4, -0.2) is 31.3 Å². The summed E-state index contributed by atoms with van der Waals surface area (Å²) in [6.45, 7) is 4.43. The fraction of sp³-hybridized carbons (Fsp3) is 0.909. The van der Waals surface area contributed by atoms with Gasteiger partial charge in [-0.25, -0.2) is 8.42 Å². The molecule has 0 aromatic carbocycles. The predicted octanol–water partition coefficient (Wildman–Crippen LogP) is -1.31. The van der Waals surface area contributed by atoms with Gasteiger partial charge in [0.05, 0.1) is 23.1 Å². The standard InChI is InChI=1S/C11H22O5S.Na/c1-3-5-6-10(4-2)9-16-11(12)7-8-17(13,14)15;/h10H,3-9H2,1-2H3,(H,13,14,15);/q;+1/p-1. The van der Waals surface area contributed by atoms with E-state index >= 15 is 0 Å². The quantitative estimate of drug-likeness (QED) is 0.299. The molecule has 7 heteroatoms. The summed E-state index contributed by atoms with van der Waals surface area (Å²) in [4.78, 5) is 11.2. The molecule has 0 fully saturated rings. The third kappa shape index (κ3) is 12.8. The summed E-state index contributed by atoms with van der Waals surface area (Å²) < 4.78 is 35.9. The Bertz CT molecular complexity index is 315. The van der Waals surface area contributed by atoms with Crippen molar-refractivity contribution in [1.29, 1.82) is 0 Å². The summed E-state index contributed by atoms with van der Waals surface area (Å²) in [6.07, 6.45) is 3.76. The number of hydrogen-bond donors (Lipinski definition) is 0. The first kappa shape index (κ1) is 20.7. The van der Waals surface area contributed by atoms with Gasteiger partial charge in [-0.2, -0.15) is 0 Å². The number of ether oxygens (including phenoxy) is 1. The van der Waals surface area contributed by atoms with E-state index in [0.29, 0.717) is 12.5 Å². The second-order valence-corrected chi connectivity index (χ2v) is 5.63. The second kappa shape index (κ2) is 11.2. The van der Waals surface area contributed by atoms with Crippen LogP contribution in [0.15, 0.2) is 0 Å². The zero-order valence-electron chi connectivity index (χ0n) is 11.5. The van der Waals surface area contributed by atoms with Crippen molar-refractivity contribution in [2.75, 3.05) is 12.4 Å². The van der Waals surface area contributed by atoms with Crippen LogP contribution in [0, 0.1) is 5.92 Å². The maximum absolute atomic E-state index is 11.2. The van der Waals surface area contributed by atoms with Gasteiger partial charge in [0, 0.05) is 5.75 Å².